The first-order valence-electron chi connectivity index (χ1n) is 12.3. The van der Waals surface area contributed by atoms with Gasteiger partial charge in [-0.15, -0.1) is 10.2 Å². The Morgan fingerprint density at radius 1 is 1.00 bits per heavy atom. The molecule has 2 amide bonds. The van der Waals surface area contributed by atoms with Gasteiger partial charge >= 0.3 is 6.18 Å². The Labute approximate surface area is 248 Å². The molecule has 4 rings (SSSR count). The van der Waals surface area contributed by atoms with Crippen LogP contribution in [0.4, 0.5) is 18.9 Å². The fourth-order valence-corrected chi connectivity index (χ4v) is 4.82. The van der Waals surface area contributed by atoms with Crippen molar-refractivity contribution in [3.63, 3.8) is 0 Å². The molecule has 3 aromatic carbocycles. The summed E-state index contributed by atoms with van der Waals surface area (Å²) in [6.45, 7) is 1.91. The topological polar surface area (TPSA) is 107 Å². The quantitative estimate of drug-likeness (QED) is 0.212. The first kappa shape index (κ1) is 30.7. The van der Waals surface area contributed by atoms with Crippen LogP contribution in [0.3, 0.4) is 0 Å². The Balaban J connectivity index is 1.52. The highest BCUT2D eigenvalue weighted by molar-refractivity contribution is 7.99. The Morgan fingerprint density at radius 3 is 2.45 bits per heavy atom. The lowest BCUT2D eigenvalue weighted by Gasteiger charge is -2.13. The van der Waals surface area contributed by atoms with Gasteiger partial charge in [0.15, 0.2) is 22.5 Å². The smallest absolute Gasteiger partial charge is 0.416 e. The zero-order valence-corrected chi connectivity index (χ0v) is 24.2. The second-order valence-corrected chi connectivity index (χ2v) is 10.2. The third kappa shape index (κ3) is 7.34. The van der Waals surface area contributed by atoms with E-state index in [1.54, 1.807) is 22.8 Å². The second-order valence-electron chi connectivity index (χ2n) is 8.85. The third-order valence-corrected chi connectivity index (χ3v) is 7.17. The van der Waals surface area contributed by atoms with Crippen LogP contribution >= 0.6 is 23.4 Å². The number of hydrogen-bond acceptors (Lipinski definition) is 7. The van der Waals surface area contributed by atoms with E-state index in [2.05, 4.69) is 20.8 Å². The average Bonchev–Trinajstić information content (AvgIpc) is 3.37. The Bertz CT molecular complexity index is 1610. The van der Waals surface area contributed by atoms with Gasteiger partial charge in [-0.05, 0) is 61.0 Å². The number of halogens is 4. The molecule has 0 fully saturated rings. The number of alkyl halides is 3. The molecule has 1 heterocycles. The molecule has 0 atom stereocenters. The summed E-state index contributed by atoms with van der Waals surface area (Å²) in [6, 6.07) is 14.9. The molecule has 0 saturated carbocycles. The van der Waals surface area contributed by atoms with Gasteiger partial charge < -0.3 is 20.1 Å². The highest BCUT2D eigenvalue weighted by Gasteiger charge is 2.31. The number of aryl methyl sites for hydroxylation is 1. The van der Waals surface area contributed by atoms with E-state index >= 15 is 0 Å². The van der Waals surface area contributed by atoms with Gasteiger partial charge in [0.05, 0.1) is 42.8 Å². The minimum atomic E-state index is -4.59. The minimum Gasteiger partial charge on any atom is -0.493 e. The van der Waals surface area contributed by atoms with E-state index in [1.807, 2.05) is 31.2 Å². The summed E-state index contributed by atoms with van der Waals surface area (Å²) in [7, 11) is 2.97. The lowest BCUT2D eigenvalue weighted by atomic mass is 10.2. The number of rotatable bonds is 10. The fraction of sp³-hybridized carbons (Fsp3) is 0.214. The van der Waals surface area contributed by atoms with Crippen molar-refractivity contribution in [1.29, 1.82) is 0 Å². The molecule has 9 nitrogen and oxygen atoms in total. The lowest BCUT2D eigenvalue weighted by molar-refractivity contribution is -0.137. The van der Waals surface area contributed by atoms with E-state index in [1.165, 1.54) is 14.2 Å². The standard InChI is InChI=1S/C28H25ClF3N5O4S/c1-16-5-4-6-19(11-16)37-24(14-33-26(39)17-7-10-22(40-2)23(12-17)41-3)35-36-27(37)42-15-25(38)34-21-13-18(28(30,31)32)8-9-20(21)29/h4-13H,14-15H2,1-3H3,(H,33,39)(H,34,38). The van der Waals surface area contributed by atoms with Crippen molar-refractivity contribution in [1.82, 2.24) is 20.1 Å². The Morgan fingerprint density at radius 2 is 1.76 bits per heavy atom. The molecule has 0 bridgehead atoms. The van der Waals surface area contributed by atoms with Gasteiger partial charge in [-0.3, -0.25) is 14.2 Å². The van der Waals surface area contributed by atoms with Gasteiger partial charge in [0, 0.05) is 11.3 Å². The van der Waals surface area contributed by atoms with Gasteiger partial charge in [-0.2, -0.15) is 13.2 Å². The number of thioether (sulfide) groups is 1. The van der Waals surface area contributed by atoms with E-state index in [4.69, 9.17) is 21.1 Å². The molecular weight excluding hydrogens is 595 g/mol. The van der Waals surface area contributed by atoms with Gasteiger partial charge in [-0.1, -0.05) is 35.5 Å². The first-order chi connectivity index (χ1) is 20.0. The maximum Gasteiger partial charge on any atom is 0.416 e. The van der Waals surface area contributed by atoms with Crippen LogP contribution in [0.15, 0.2) is 65.8 Å². The number of carbonyl (C=O) groups excluding carboxylic acids is 2. The van der Waals surface area contributed by atoms with Crippen molar-refractivity contribution in [3.8, 4) is 17.2 Å². The predicted octanol–water partition coefficient (Wildman–Crippen LogP) is 5.93. The summed E-state index contributed by atoms with van der Waals surface area (Å²) in [5.74, 6) is 0.0859. The summed E-state index contributed by atoms with van der Waals surface area (Å²) in [4.78, 5) is 25.6. The molecule has 0 saturated heterocycles. The number of anilines is 1. The van der Waals surface area contributed by atoms with Crippen LogP contribution in [-0.2, 0) is 17.5 Å². The number of carbonyl (C=O) groups is 2. The zero-order chi connectivity index (χ0) is 30.4. The minimum absolute atomic E-state index is 0.000713. The number of hydrogen-bond donors (Lipinski definition) is 2. The normalized spacial score (nSPS) is 11.2. The van der Waals surface area contributed by atoms with E-state index in [-0.39, 0.29) is 28.9 Å². The van der Waals surface area contributed by atoms with Crippen molar-refractivity contribution in [2.45, 2.75) is 24.8 Å². The van der Waals surface area contributed by atoms with Crippen molar-refractivity contribution >= 4 is 40.9 Å². The fourth-order valence-electron chi connectivity index (χ4n) is 3.89. The van der Waals surface area contributed by atoms with Gasteiger partial charge in [0.2, 0.25) is 5.91 Å². The van der Waals surface area contributed by atoms with Crippen LogP contribution in [0.2, 0.25) is 5.02 Å². The largest absolute Gasteiger partial charge is 0.493 e. The number of nitrogens with one attached hydrogen (secondary N) is 2. The number of methoxy groups -OCH3 is 2. The van der Waals surface area contributed by atoms with Crippen molar-refractivity contribution in [2.75, 3.05) is 25.3 Å². The van der Waals surface area contributed by atoms with E-state index < -0.39 is 17.6 Å². The van der Waals surface area contributed by atoms with Crippen LogP contribution in [0.5, 0.6) is 11.5 Å². The molecule has 1 aromatic heterocycles. The highest BCUT2D eigenvalue weighted by atomic mass is 35.5. The summed E-state index contributed by atoms with van der Waals surface area (Å²) in [5.41, 5.74) is 0.895. The maximum atomic E-state index is 13.1. The number of amides is 2. The van der Waals surface area contributed by atoms with Gasteiger partial charge in [-0.25, -0.2) is 0 Å². The molecular formula is C28H25ClF3N5O4S. The third-order valence-electron chi connectivity index (χ3n) is 5.91. The van der Waals surface area contributed by atoms with Crippen LogP contribution in [0.25, 0.3) is 5.69 Å². The number of benzene rings is 3. The van der Waals surface area contributed by atoms with Crippen molar-refractivity contribution in [2.24, 2.45) is 0 Å². The van der Waals surface area contributed by atoms with Crippen molar-refractivity contribution in [3.05, 3.63) is 88.2 Å². The number of ether oxygens (including phenoxy) is 2. The molecule has 0 radical (unpaired) electrons. The van der Waals surface area contributed by atoms with Crippen LogP contribution in [-0.4, -0.2) is 46.6 Å². The number of aromatic nitrogens is 3. The Kier molecular flexibility index (Phi) is 9.63. The molecule has 220 valence electrons. The van der Waals surface area contributed by atoms with E-state index in [0.29, 0.717) is 33.7 Å². The predicted molar refractivity (Wildman–Crippen MR) is 153 cm³/mol. The Hall–Kier alpha value is -4.23. The molecule has 42 heavy (non-hydrogen) atoms. The molecule has 2 N–H and O–H groups in total. The molecule has 0 aliphatic heterocycles. The molecule has 14 heteroatoms. The summed E-state index contributed by atoms with van der Waals surface area (Å²) in [5, 5.41) is 13.9. The monoisotopic (exact) mass is 619 g/mol. The van der Waals surface area contributed by atoms with Crippen LogP contribution in [0.1, 0.15) is 27.3 Å². The van der Waals surface area contributed by atoms with Gasteiger partial charge in [0.1, 0.15) is 0 Å². The second kappa shape index (κ2) is 13.2. The van der Waals surface area contributed by atoms with Crippen molar-refractivity contribution < 1.29 is 32.2 Å². The first-order valence-corrected chi connectivity index (χ1v) is 13.7. The lowest BCUT2D eigenvalue weighted by Crippen LogP contribution is -2.24. The summed E-state index contributed by atoms with van der Waals surface area (Å²) in [6.07, 6.45) is -4.59. The molecule has 0 aliphatic carbocycles. The summed E-state index contributed by atoms with van der Waals surface area (Å²) >= 11 is 7.02. The van der Waals surface area contributed by atoms with Crippen LogP contribution in [0, 0.1) is 6.92 Å². The number of nitrogens with zero attached hydrogens (tertiary/aromatic N) is 3. The maximum absolute atomic E-state index is 13.1. The zero-order valence-electron chi connectivity index (χ0n) is 22.6. The van der Waals surface area contributed by atoms with E-state index in [9.17, 15) is 22.8 Å². The molecule has 0 spiro atoms. The van der Waals surface area contributed by atoms with Gasteiger partial charge in [0.25, 0.3) is 5.91 Å². The average molecular weight is 620 g/mol. The highest BCUT2D eigenvalue weighted by Crippen LogP contribution is 2.34. The van der Waals surface area contributed by atoms with E-state index in [0.717, 1.165) is 35.5 Å². The molecule has 0 aliphatic rings. The summed E-state index contributed by atoms with van der Waals surface area (Å²) < 4.78 is 51.5. The van der Waals surface area contributed by atoms with Crippen LogP contribution < -0.4 is 20.1 Å². The molecule has 4 aromatic rings. The molecule has 0 unspecified atom stereocenters. The SMILES string of the molecule is COc1ccc(C(=O)NCc2nnc(SCC(=O)Nc3cc(C(F)(F)F)ccc3Cl)n2-c2cccc(C)c2)cc1OC.